The number of imide groups is 1. The van der Waals surface area contributed by atoms with E-state index in [2.05, 4.69) is 10.6 Å². The summed E-state index contributed by atoms with van der Waals surface area (Å²) in [6, 6.07) is 7.18. The lowest BCUT2D eigenvalue weighted by atomic mass is 10.2. The SMILES string of the molecule is CNC(=O)NC(=O)C(C)Sc1cccc(CN)c1. The summed E-state index contributed by atoms with van der Waals surface area (Å²) < 4.78 is 0. The number of benzene rings is 1. The molecule has 1 aromatic carbocycles. The number of thioether (sulfide) groups is 1. The Kier molecular flexibility index (Phi) is 5.67. The van der Waals surface area contributed by atoms with Gasteiger partial charge >= 0.3 is 6.03 Å². The zero-order valence-electron chi connectivity index (χ0n) is 10.4. The van der Waals surface area contributed by atoms with E-state index in [0.29, 0.717) is 6.54 Å². The molecule has 0 fully saturated rings. The van der Waals surface area contributed by atoms with E-state index < -0.39 is 6.03 Å². The predicted molar refractivity (Wildman–Crippen MR) is 72.3 cm³/mol. The molecule has 0 heterocycles. The maximum atomic E-state index is 11.7. The van der Waals surface area contributed by atoms with E-state index in [-0.39, 0.29) is 11.2 Å². The van der Waals surface area contributed by atoms with E-state index in [1.165, 1.54) is 18.8 Å². The molecular weight excluding hydrogens is 250 g/mol. The maximum absolute atomic E-state index is 11.7. The molecule has 0 aliphatic heterocycles. The number of carbonyl (C=O) groups is 2. The maximum Gasteiger partial charge on any atom is 0.321 e. The van der Waals surface area contributed by atoms with Gasteiger partial charge in [0.1, 0.15) is 0 Å². The van der Waals surface area contributed by atoms with Gasteiger partial charge in [-0.25, -0.2) is 4.79 Å². The van der Waals surface area contributed by atoms with Gasteiger partial charge in [0.15, 0.2) is 0 Å². The van der Waals surface area contributed by atoms with Gasteiger partial charge < -0.3 is 11.1 Å². The molecule has 0 spiro atoms. The minimum atomic E-state index is -0.497. The van der Waals surface area contributed by atoms with Gasteiger partial charge in [0.05, 0.1) is 5.25 Å². The van der Waals surface area contributed by atoms with Crippen LogP contribution < -0.4 is 16.4 Å². The molecule has 0 aliphatic carbocycles. The van der Waals surface area contributed by atoms with Crippen molar-refractivity contribution in [2.45, 2.75) is 23.6 Å². The zero-order chi connectivity index (χ0) is 13.5. The van der Waals surface area contributed by atoms with Crippen molar-refractivity contribution in [1.29, 1.82) is 0 Å². The van der Waals surface area contributed by atoms with Crippen molar-refractivity contribution in [3.8, 4) is 0 Å². The average Bonchev–Trinajstić information content (AvgIpc) is 2.38. The molecule has 98 valence electrons. The highest BCUT2D eigenvalue weighted by molar-refractivity contribution is 8.00. The second-order valence-corrected chi connectivity index (χ2v) is 5.09. The molecule has 0 bridgehead atoms. The molecule has 3 amide bonds. The Morgan fingerprint density at radius 1 is 1.44 bits per heavy atom. The van der Waals surface area contributed by atoms with Crippen LogP contribution in [0.2, 0.25) is 0 Å². The Hall–Kier alpha value is -1.53. The Bertz CT molecular complexity index is 437. The van der Waals surface area contributed by atoms with Gasteiger partial charge in [-0.15, -0.1) is 11.8 Å². The van der Waals surface area contributed by atoms with Gasteiger partial charge in [-0.1, -0.05) is 12.1 Å². The summed E-state index contributed by atoms with van der Waals surface area (Å²) >= 11 is 1.39. The second kappa shape index (κ2) is 7.03. The molecule has 1 unspecified atom stereocenters. The highest BCUT2D eigenvalue weighted by Crippen LogP contribution is 2.24. The summed E-state index contributed by atoms with van der Waals surface area (Å²) in [7, 11) is 1.46. The van der Waals surface area contributed by atoms with E-state index in [9.17, 15) is 9.59 Å². The zero-order valence-corrected chi connectivity index (χ0v) is 11.2. The Morgan fingerprint density at radius 3 is 2.78 bits per heavy atom. The highest BCUT2D eigenvalue weighted by atomic mass is 32.2. The summed E-state index contributed by atoms with van der Waals surface area (Å²) in [5, 5.41) is 4.23. The molecule has 0 radical (unpaired) electrons. The van der Waals surface area contributed by atoms with E-state index >= 15 is 0 Å². The van der Waals surface area contributed by atoms with Crippen LogP contribution in [0.5, 0.6) is 0 Å². The lowest BCUT2D eigenvalue weighted by Crippen LogP contribution is -2.41. The fourth-order valence-electron chi connectivity index (χ4n) is 1.28. The molecule has 1 rings (SSSR count). The highest BCUT2D eigenvalue weighted by Gasteiger charge is 2.16. The van der Waals surface area contributed by atoms with Gasteiger partial charge in [-0.3, -0.25) is 10.1 Å². The molecule has 6 heteroatoms. The smallest absolute Gasteiger partial charge is 0.321 e. The Labute approximate surface area is 111 Å². The van der Waals surface area contributed by atoms with E-state index in [0.717, 1.165) is 10.5 Å². The van der Waals surface area contributed by atoms with Crippen molar-refractivity contribution in [3.63, 3.8) is 0 Å². The van der Waals surface area contributed by atoms with Gasteiger partial charge in [-0.05, 0) is 24.6 Å². The van der Waals surface area contributed by atoms with Crippen molar-refractivity contribution < 1.29 is 9.59 Å². The first-order chi connectivity index (χ1) is 8.56. The van der Waals surface area contributed by atoms with Crippen molar-refractivity contribution in [1.82, 2.24) is 10.6 Å². The van der Waals surface area contributed by atoms with Gasteiger partial charge in [0.25, 0.3) is 0 Å². The molecule has 1 aromatic rings. The van der Waals surface area contributed by atoms with E-state index in [4.69, 9.17) is 5.73 Å². The van der Waals surface area contributed by atoms with Crippen LogP contribution in [0.4, 0.5) is 4.79 Å². The number of nitrogens with one attached hydrogen (secondary N) is 2. The first kappa shape index (κ1) is 14.5. The molecule has 5 nitrogen and oxygen atoms in total. The quantitative estimate of drug-likeness (QED) is 0.713. The number of rotatable bonds is 4. The number of carbonyl (C=O) groups excluding carboxylic acids is 2. The van der Waals surface area contributed by atoms with Crippen LogP contribution in [-0.4, -0.2) is 24.2 Å². The Balaban J connectivity index is 2.60. The molecule has 4 N–H and O–H groups in total. The van der Waals surface area contributed by atoms with E-state index in [1.54, 1.807) is 6.92 Å². The van der Waals surface area contributed by atoms with Crippen molar-refractivity contribution >= 4 is 23.7 Å². The van der Waals surface area contributed by atoms with Crippen LogP contribution in [0.1, 0.15) is 12.5 Å². The number of hydrogen-bond acceptors (Lipinski definition) is 4. The second-order valence-electron chi connectivity index (χ2n) is 3.68. The molecular formula is C12H17N3O2S. The molecule has 0 saturated heterocycles. The Morgan fingerprint density at radius 2 is 2.17 bits per heavy atom. The van der Waals surface area contributed by atoms with Gasteiger partial charge in [-0.2, -0.15) is 0 Å². The normalized spacial score (nSPS) is 11.7. The summed E-state index contributed by atoms with van der Waals surface area (Å²) in [6.45, 7) is 2.21. The first-order valence-corrected chi connectivity index (χ1v) is 6.43. The van der Waals surface area contributed by atoms with Crippen LogP contribution in [-0.2, 0) is 11.3 Å². The van der Waals surface area contributed by atoms with Crippen molar-refractivity contribution in [2.24, 2.45) is 5.73 Å². The lowest BCUT2D eigenvalue weighted by Gasteiger charge is -2.11. The molecule has 0 aromatic heterocycles. The van der Waals surface area contributed by atoms with Crippen LogP contribution >= 0.6 is 11.8 Å². The van der Waals surface area contributed by atoms with Gasteiger partial charge in [0.2, 0.25) is 5.91 Å². The van der Waals surface area contributed by atoms with Crippen LogP contribution in [0.3, 0.4) is 0 Å². The average molecular weight is 267 g/mol. The lowest BCUT2D eigenvalue weighted by molar-refractivity contribution is -0.119. The minimum absolute atomic E-state index is 0.322. The minimum Gasteiger partial charge on any atom is -0.341 e. The molecule has 0 aliphatic rings. The number of amides is 3. The third-order valence-corrected chi connectivity index (χ3v) is 3.37. The molecule has 18 heavy (non-hydrogen) atoms. The fourth-order valence-corrected chi connectivity index (χ4v) is 2.23. The summed E-state index contributed by atoms with van der Waals surface area (Å²) in [5.74, 6) is -0.322. The number of nitrogens with two attached hydrogens (primary N) is 1. The molecule has 1 atom stereocenters. The third-order valence-electron chi connectivity index (χ3n) is 2.28. The first-order valence-electron chi connectivity index (χ1n) is 5.55. The summed E-state index contributed by atoms with van der Waals surface area (Å²) in [4.78, 5) is 23.6. The van der Waals surface area contributed by atoms with E-state index in [1.807, 2.05) is 24.3 Å². The monoisotopic (exact) mass is 267 g/mol. The summed E-state index contributed by atoms with van der Waals surface area (Å²) in [6.07, 6.45) is 0. The number of urea groups is 1. The fraction of sp³-hybridized carbons (Fsp3) is 0.333. The van der Waals surface area contributed by atoms with Crippen LogP contribution in [0, 0.1) is 0 Å². The van der Waals surface area contributed by atoms with Crippen LogP contribution in [0.25, 0.3) is 0 Å². The number of hydrogen-bond donors (Lipinski definition) is 3. The standard InChI is InChI=1S/C12H17N3O2S/c1-8(11(16)15-12(17)14-2)18-10-5-3-4-9(6-10)7-13/h3-6,8H,7,13H2,1-2H3,(H2,14,15,16,17). The molecule has 0 saturated carbocycles. The van der Waals surface area contributed by atoms with Gasteiger partial charge in [0, 0.05) is 18.5 Å². The van der Waals surface area contributed by atoms with Crippen molar-refractivity contribution in [2.75, 3.05) is 7.05 Å². The van der Waals surface area contributed by atoms with Crippen LogP contribution in [0.15, 0.2) is 29.2 Å². The van der Waals surface area contributed by atoms with Crippen molar-refractivity contribution in [3.05, 3.63) is 29.8 Å². The predicted octanol–water partition coefficient (Wildman–Crippen LogP) is 1.08. The topological polar surface area (TPSA) is 84.2 Å². The largest absolute Gasteiger partial charge is 0.341 e. The summed E-state index contributed by atoms with van der Waals surface area (Å²) in [5.41, 5.74) is 6.56. The third kappa shape index (κ3) is 4.38.